The molecular weight excluding hydrogens is 238 g/mol. The Morgan fingerprint density at radius 1 is 1.32 bits per heavy atom. The maximum Gasteiger partial charge on any atom is 0.0808 e. The van der Waals surface area contributed by atoms with Crippen molar-refractivity contribution in [2.45, 2.75) is 45.3 Å². The smallest absolute Gasteiger partial charge is 0.0808 e. The second-order valence-electron chi connectivity index (χ2n) is 5.48. The molecule has 1 aromatic rings. The first kappa shape index (κ1) is 14.5. The van der Waals surface area contributed by atoms with E-state index in [1.54, 1.807) is 0 Å². The third kappa shape index (κ3) is 4.30. The quantitative estimate of drug-likeness (QED) is 0.888. The van der Waals surface area contributed by atoms with Crippen LogP contribution in [0.2, 0.25) is 0 Å². The lowest BCUT2D eigenvalue weighted by Gasteiger charge is -2.23. The van der Waals surface area contributed by atoms with Gasteiger partial charge in [0.1, 0.15) is 0 Å². The van der Waals surface area contributed by atoms with Gasteiger partial charge in [-0.1, -0.05) is 18.2 Å². The molecule has 1 saturated heterocycles. The number of hydrogen-bond donors (Lipinski definition) is 1. The van der Waals surface area contributed by atoms with E-state index < -0.39 is 0 Å². The molecule has 3 heteroatoms. The molecule has 0 bridgehead atoms. The number of nitrogens with two attached hydrogens (primary N) is 1. The molecule has 0 aliphatic carbocycles. The highest BCUT2D eigenvalue weighted by atomic mass is 16.5. The summed E-state index contributed by atoms with van der Waals surface area (Å²) in [4.78, 5) is 0. The van der Waals surface area contributed by atoms with Gasteiger partial charge in [0.2, 0.25) is 0 Å². The van der Waals surface area contributed by atoms with Gasteiger partial charge in [-0.15, -0.1) is 0 Å². The van der Waals surface area contributed by atoms with E-state index in [0.717, 1.165) is 18.6 Å². The number of ether oxygens (including phenoxy) is 2. The van der Waals surface area contributed by atoms with Gasteiger partial charge in [0.25, 0.3) is 0 Å². The first-order valence-corrected chi connectivity index (χ1v) is 7.19. The topological polar surface area (TPSA) is 44.5 Å². The zero-order valence-electron chi connectivity index (χ0n) is 12.0. The van der Waals surface area contributed by atoms with Crippen LogP contribution in [0.5, 0.6) is 0 Å². The van der Waals surface area contributed by atoms with Crippen molar-refractivity contribution < 1.29 is 9.47 Å². The molecular formula is C16H25NO2. The summed E-state index contributed by atoms with van der Waals surface area (Å²) in [6.45, 7) is 6.32. The van der Waals surface area contributed by atoms with Gasteiger partial charge >= 0.3 is 0 Å². The molecule has 1 fully saturated rings. The summed E-state index contributed by atoms with van der Waals surface area (Å²) < 4.78 is 11.3. The number of benzene rings is 1. The minimum Gasteiger partial charge on any atom is -0.377 e. The zero-order chi connectivity index (χ0) is 13.7. The Labute approximate surface area is 116 Å². The molecule has 1 aliphatic heterocycles. The van der Waals surface area contributed by atoms with Crippen LogP contribution in [0.3, 0.4) is 0 Å². The minimum absolute atomic E-state index is 0.0529. The van der Waals surface area contributed by atoms with E-state index >= 15 is 0 Å². The molecule has 2 atom stereocenters. The molecule has 2 unspecified atom stereocenters. The summed E-state index contributed by atoms with van der Waals surface area (Å²) in [5.74, 6) is 0. The van der Waals surface area contributed by atoms with Crippen LogP contribution in [0, 0.1) is 13.8 Å². The van der Waals surface area contributed by atoms with E-state index in [1.165, 1.54) is 24.0 Å². The Morgan fingerprint density at radius 3 is 2.84 bits per heavy atom. The Balaban J connectivity index is 1.76. The fourth-order valence-electron chi connectivity index (χ4n) is 2.36. The van der Waals surface area contributed by atoms with Crippen molar-refractivity contribution in [3.63, 3.8) is 0 Å². The molecule has 0 saturated carbocycles. The molecule has 3 nitrogen and oxygen atoms in total. The van der Waals surface area contributed by atoms with Crippen LogP contribution in [-0.2, 0) is 9.47 Å². The summed E-state index contributed by atoms with van der Waals surface area (Å²) in [6, 6.07) is 6.31. The van der Waals surface area contributed by atoms with Gasteiger partial charge < -0.3 is 15.2 Å². The summed E-state index contributed by atoms with van der Waals surface area (Å²) in [6.07, 6.45) is 3.80. The van der Waals surface area contributed by atoms with Crippen LogP contribution in [0.15, 0.2) is 18.2 Å². The molecule has 1 heterocycles. The average Bonchev–Trinajstić information content (AvgIpc) is 2.43. The van der Waals surface area contributed by atoms with Gasteiger partial charge in [0.15, 0.2) is 0 Å². The van der Waals surface area contributed by atoms with Crippen LogP contribution < -0.4 is 5.73 Å². The molecule has 1 aromatic carbocycles. The van der Waals surface area contributed by atoms with Crippen molar-refractivity contribution in [3.05, 3.63) is 34.9 Å². The van der Waals surface area contributed by atoms with Crippen LogP contribution in [0.4, 0.5) is 0 Å². The molecule has 1 aliphatic rings. The van der Waals surface area contributed by atoms with E-state index in [0.29, 0.717) is 13.2 Å². The van der Waals surface area contributed by atoms with Gasteiger partial charge in [-0.2, -0.15) is 0 Å². The molecule has 2 rings (SSSR count). The second-order valence-corrected chi connectivity index (χ2v) is 5.48. The lowest BCUT2D eigenvalue weighted by Crippen LogP contribution is -2.26. The van der Waals surface area contributed by atoms with Crippen molar-refractivity contribution in [1.29, 1.82) is 0 Å². The van der Waals surface area contributed by atoms with Crippen molar-refractivity contribution >= 4 is 0 Å². The molecule has 2 N–H and O–H groups in total. The van der Waals surface area contributed by atoms with Gasteiger partial charge in [-0.3, -0.25) is 0 Å². The SMILES string of the molecule is Cc1ccc(C(N)COCC2CCCCO2)cc1C. The molecule has 19 heavy (non-hydrogen) atoms. The monoisotopic (exact) mass is 263 g/mol. The summed E-state index contributed by atoms with van der Waals surface area (Å²) in [7, 11) is 0. The Morgan fingerprint density at radius 2 is 2.16 bits per heavy atom. The molecule has 0 radical (unpaired) electrons. The van der Waals surface area contributed by atoms with Crippen molar-refractivity contribution in [2.75, 3.05) is 19.8 Å². The maximum atomic E-state index is 6.16. The predicted molar refractivity (Wildman–Crippen MR) is 77.3 cm³/mol. The van der Waals surface area contributed by atoms with Gasteiger partial charge in [-0.25, -0.2) is 0 Å². The Bertz CT molecular complexity index is 400. The summed E-state index contributed by atoms with van der Waals surface area (Å²) >= 11 is 0. The summed E-state index contributed by atoms with van der Waals surface area (Å²) in [5.41, 5.74) is 9.89. The molecule has 0 aromatic heterocycles. The van der Waals surface area contributed by atoms with Crippen LogP contribution in [0.1, 0.15) is 42.0 Å². The van der Waals surface area contributed by atoms with E-state index in [2.05, 4.69) is 32.0 Å². The van der Waals surface area contributed by atoms with E-state index in [4.69, 9.17) is 15.2 Å². The third-order valence-electron chi connectivity index (χ3n) is 3.83. The molecule has 106 valence electrons. The van der Waals surface area contributed by atoms with Gasteiger partial charge in [0.05, 0.1) is 25.4 Å². The maximum absolute atomic E-state index is 6.16. The number of rotatable bonds is 5. The van der Waals surface area contributed by atoms with Crippen LogP contribution in [-0.4, -0.2) is 25.9 Å². The van der Waals surface area contributed by atoms with E-state index in [9.17, 15) is 0 Å². The highest BCUT2D eigenvalue weighted by molar-refractivity contribution is 5.31. The second kappa shape index (κ2) is 7.04. The normalized spacial score (nSPS) is 21.3. The largest absolute Gasteiger partial charge is 0.377 e. The molecule has 0 spiro atoms. The first-order chi connectivity index (χ1) is 9.16. The van der Waals surface area contributed by atoms with Crippen molar-refractivity contribution in [3.8, 4) is 0 Å². The zero-order valence-corrected chi connectivity index (χ0v) is 12.0. The Hall–Kier alpha value is -0.900. The van der Waals surface area contributed by atoms with Crippen LogP contribution in [0.25, 0.3) is 0 Å². The lowest BCUT2D eigenvalue weighted by atomic mass is 10.0. The fourth-order valence-corrected chi connectivity index (χ4v) is 2.36. The minimum atomic E-state index is -0.0529. The lowest BCUT2D eigenvalue weighted by molar-refractivity contribution is -0.0428. The van der Waals surface area contributed by atoms with Gasteiger partial charge in [-0.05, 0) is 49.8 Å². The first-order valence-electron chi connectivity index (χ1n) is 7.19. The van der Waals surface area contributed by atoms with E-state index in [1.807, 2.05) is 0 Å². The summed E-state index contributed by atoms with van der Waals surface area (Å²) in [5, 5.41) is 0. The van der Waals surface area contributed by atoms with Crippen LogP contribution >= 0.6 is 0 Å². The van der Waals surface area contributed by atoms with Crippen molar-refractivity contribution in [1.82, 2.24) is 0 Å². The Kier molecular flexibility index (Phi) is 5.37. The van der Waals surface area contributed by atoms with E-state index in [-0.39, 0.29) is 12.1 Å². The number of hydrogen-bond acceptors (Lipinski definition) is 3. The van der Waals surface area contributed by atoms with Crippen molar-refractivity contribution in [2.24, 2.45) is 5.73 Å². The van der Waals surface area contributed by atoms with Gasteiger partial charge in [0, 0.05) is 6.61 Å². The molecule has 0 amide bonds. The fraction of sp³-hybridized carbons (Fsp3) is 0.625. The predicted octanol–water partition coefficient (Wildman–Crippen LogP) is 2.89. The highest BCUT2D eigenvalue weighted by Crippen LogP contribution is 2.17. The standard InChI is InChI=1S/C16H25NO2/c1-12-6-7-14(9-13(12)2)16(17)11-18-10-15-5-3-4-8-19-15/h6-7,9,15-16H,3-5,8,10-11,17H2,1-2H3. The number of aryl methyl sites for hydroxylation is 2. The highest BCUT2D eigenvalue weighted by Gasteiger charge is 2.15. The third-order valence-corrected chi connectivity index (χ3v) is 3.83. The average molecular weight is 263 g/mol.